The highest BCUT2D eigenvalue weighted by atomic mass is 19.4. The Morgan fingerprint density at radius 3 is 2.62 bits per heavy atom. The minimum absolute atomic E-state index is 0.150. The van der Waals surface area contributed by atoms with E-state index in [0.29, 0.717) is 41.8 Å². The van der Waals surface area contributed by atoms with Crippen LogP contribution in [0.1, 0.15) is 35.3 Å². The first-order chi connectivity index (χ1) is 18.7. The van der Waals surface area contributed by atoms with Gasteiger partial charge in [0.25, 0.3) is 11.8 Å². The van der Waals surface area contributed by atoms with Crippen molar-refractivity contribution in [2.24, 2.45) is 0 Å². The fraction of sp³-hybridized carbons (Fsp3) is 0.231. The van der Waals surface area contributed by atoms with Crippen molar-refractivity contribution in [2.75, 3.05) is 24.1 Å². The largest absolute Gasteiger partial charge is 0.416 e. The first kappa shape index (κ1) is 25.7. The summed E-state index contributed by atoms with van der Waals surface area (Å²) in [7, 11) is 0. The van der Waals surface area contributed by atoms with E-state index in [2.05, 4.69) is 32.1 Å². The number of anilines is 2. The molecule has 0 spiro atoms. The SMILES string of the molecule is CC#CC(=O)N1CC[C@@H](n2nc(-c3ccc(C(=O)Nc4cc(C(F)(F)F)ccn4)cc3)c3c(N)ncnc32)C1. The Labute approximate surface area is 220 Å². The van der Waals surface area contributed by atoms with Crippen LogP contribution in [0, 0.1) is 11.8 Å². The molecule has 5 rings (SSSR count). The molecule has 3 aromatic heterocycles. The third-order valence-electron chi connectivity index (χ3n) is 6.30. The zero-order valence-corrected chi connectivity index (χ0v) is 20.5. The van der Waals surface area contributed by atoms with E-state index in [0.717, 1.165) is 18.3 Å². The summed E-state index contributed by atoms with van der Waals surface area (Å²) in [6, 6.07) is 7.76. The molecule has 0 saturated carbocycles. The lowest BCUT2D eigenvalue weighted by Gasteiger charge is -2.14. The van der Waals surface area contributed by atoms with Crippen molar-refractivity contribution < 1.29 is 22.8 Å². The maximum absolute atomic E-state index is 13.0. The maximum Gasteiger partial charge on any atom is 0.416 e. The highest BCUT2D eigenvalue weighted by Gasteiger charge is 2.32. The second kappa shape index (κ2) is 10.1. The van der Waals surface area contributed by atoms with E-state index in [4.69, 9.17) is 10.8 Å². The van der Waals surface area contributed by atoms with E-state index in [1.807, 2.05) is 0 Å². The van der Waals surface area contributed by atoms with Crippen molar-refractivity contribution in [1.82, 2.24) is 29.6 Å². The van der Waals surface area contributed by atoms with Gasteiger partial charge in [-0.25, -0.2) is 19.6 Å². The Kier molecular flexibility index (Phi) is 6.61. The first-order valence-electron chi connectivity index (χ1n) is 11.8. The molecule has 1 fully saturated rings. The van der Waals surface area contributed by atoms with E-state index in [1.54, 1.807) is 28.6 Å². The molecule has 1 aliphatic rings. The van der Waals surface area contributed by atoms with Crippen LogP contribution >= 0.6 is 0 Å². The number of hydrogen-bond donors (Lipinski definition) is 2. The van der Waals surface area contributed by atoms with Crippen LogP contribution in [0.2, 0.25) is 0 Å². The zero-order chi connectivity index (χ0) is 27.7. The summed E-state index contributed by atoms with van der Waals surface area (Å²) in [5.74, 6) is 4.30. The third-order valence-corrected chi connectivity index (χ3v) is 6.30. The number of hydrogen-bond acceptors (Lipinski definition) is 7. The molecule has 4 heterocycles. The number of aromatic nitrogens is 5. The Bertz CT molecular complexity index is 1640. The zero-order valence-electron chi connectivity index (χ0n) is 20.5. The molecule has 13 heteroatoms. The van der Waals surface area contributed by atoms with Gasteiger partial charge in [0.1, 0.15) is 23.7 Å². The maximum atomic E-state index is 13.0. The molecule has 0 bridgehead atoms. The van der Waals surface area contributed by atoms with Crippen molar-refractivity contribution in [3.63, 3.8) is 0 Å². The van der Waals surface area contributed by atoms with Gasteiger partial charge in [-0.3, -0.25) is 9.59 Å². The average Bonchev–Trinajstić information content (AvgIpc) is 3.55. The van der Waals surface area contributed by atoms with Gasteiger partial charge in [-0.05, 0) is 43.5 Å². The standard InChI is InChI=1S/C26H21F3N8O2/c1-2-3-20(38)36-11-9-18(13-36)37-24-21(23(30)32-14-33-24)22(35-37)15-4-6-16(7-5-15)25(39)34-19-12-17(8-10-31-19)26(27,28)29/h4-8,10,12,14,18H,9,11,13H2,1H3,(H2,30,32,33)(H,31,34,39)/t18-/m1/s1. The summed E-state index contributed by atoms with van der Waals surface area (Å²) in [5.41, 5.74) is 7.10. The second-order valence-corrected chi connectivity index (χ2v) is 8.78. The van der Waals surface area contributed by atoms with E-state index in [1.165, 1.54) is 18.5 Å². The number of pyridine rings is 1. The molecule has 4 aromatic rings. The molecule has 0 unspecified atom stereocenters. The van der Waals surface area contributed by atoms with Gasteiger partial charge < -0.3 is 16.0 Å². The lowest BCUT2D eigenvalue weighted by atomic mass is 10.1. The Balaban J connectivity index is 1.41. The van der Waals surface area contributed by atoms with Crippen LogP contribution in [0.3, 0.4) is 0 Å². The minimum atomic E-state index is -4.56. The van der Waals surface area contributed by atoms with E-state index in [-0.39, 0.29) is 29.1 Å². The number of nitrogen functional groups attached to an aromatic ring is 1. The molecule has 198 valence electrons. The number of alkyl halides is 3. The summed E-state index contributed by atoms with van der Waals surface area (Å²) in [5, 5.41) is 7.67. The van der Waals surface area contributed by atoms with Gasteiger partial charge in [0.05, 0.1) is 17.0 Å². The van der Waals surface area contributed by atoms with Gasteiger partial charge in [-0.15, -0.1) is 0 Å². The number of nitrogens with zero attached hydrogens (tertiary/aromatic N) is 6. The molecular weight excluding hydrogens is 513 g/mol. The molecular formula is C26H21F3N8O2. The smallest absolute Gasteiger partial charge is 0.383 e. The molecule has 3 N–H and O–H groups in total. The monoisotopic (exact) mass is 534 g/mol. The van der Waals surface area contributed by atoms with Crippen molar-refractivity contribution >= 4 is 34.5 Å². The van der Waals surface area contributed by atoms with Crippen LogP contribution in [0.4, 0.5) is 24.8 Å². The second-order valence-electron chi connectivity index (χ2n) is 8.78. The van der Waals surface area contributed by atoms with Crippen LogP contribution in [-0.2, 0) is 11.0 Å². The van der Waals surface area contributed by atoms with Gasteiger partial charge in [0, 0.05) is 30.4 Å². The van der Waals surface area contributed by atoms with Crippen LogP contribution in [-0.4, -0.2) is 54.5 Å². The molecule has 39 heavy (non-hydrogen) atoms. The number of benzene rings is 1. The molecule has 1 atom stereocenters. The summed E-state index contributed by atoms with van der Waals surface area (Å²) in [6.07, 6.45) is -1.58. The number of likely N-dealkylation sites (tertiary alicyclic amines) is 1. The van der Waals surface area contributed by atoms with Gasteiger partial charge in [-0.1, -0.05) is 18.1 Å². The van der Waals surface area contributed by atoms with Crippen LogP contribution in [0.25, 0.3) is 22.3 Å². The normalized spacial score (nSPS) is 15.2. The van der Waals surface area contributed by atoms with E-state index < -0.39 is 17.6 Å². The molecule has 1 aromatic carbocycles. The Morgan fingerprint density at radius 2 is 1.90 bits per heavy atom. The molecule has 10 nitrogen and oxygen atoms in total. The number of halogens is 3. The first-order valence-corrected chi connectivity index (χ1v) is 11.8. The lowest BCUT2D eigenvalue weighted by molar-refractivity contribution is -0.137. The topological polar surface area (TPSA) is 132 Å². The van der Waals surface area contributed by atoms with Crippen LogP contribution in [0.5, 0.6) is 0 Å². The number of nitrogens with two attached hydrogens (primary N) is 1. The van der Waals surface area contributed by atoms with Crippen LogP contribution < -0.4 is 11.1 Å². The number of amides is 2. The number of rotatable bonds is 4. The van der Waals surface area contributed by atoms with Crippen molar-refractivity contribution in [3.05, 3.63) is 60.0 Å². The number of fused-ring (bicyclic) bond motifs is 1. The molecule has 1 saturated heterocycles. The quantitative estimate of drug-likeness (QED) is 0.383. The van der Waals surface area contributed by atoms with Crippen molar-refractivity contribution in [2.45, 2.75) is 25.6 Å². The highest BCUT2D eigenvalue weighted by Crippen LogP contribution is 2.34. The molecule has 2 amide bonds. The van der Waals surface area contributed by atoms with Gasteiger partial charge in [0.15, 0.2) is 5.65 Å². The number of nitrogens with one attached hydrogen (secondary N) is 1. The fourth-order valence-electron chi connectivity index (χ4n) is 4.41. The highest BCUT2D eigenvalue weighted by molar-refractivity contribution is 6.04. The number of carbonyl (C=O) groups excluding carboxylic acids is 2. The van der Waals surface area contributed by atoms with E-state index in [9.17, 15) is 22.8 Å². The minimum Gasteiger partial charge on any atom is -0.383 e. The molecule has 0 aliphatic carbocycles. The predicted molar refractivity (Wildman–Crippen MR) is 136 cm³/mol. The summed E-state index contributed by atoms with van der Waals surface area (Å²) in [4.78, 5) is 38.8. The van der Waals surface area contributed by atoms with Gasteiger partial charge >= 0.3 is 6.18 Å². The fourth-order valence-corrected chi connectivity index (χ4v) is 4.41. The summed E-state index contributed by atoms with van der Waals surface area (Å²) in [6.45, 7) is 2.55. The Morgan fingerprint density at radius 1 is 1.13 bits per heavy atom. The van der Waals surface area contributed by atoms with Gasteiger partial charge in [-0.2, -0.15) is 18.3 Å². The van der Waals surface area contributed by atoms with Crippen molar-refractivity contribution in [1.29, 1.82) is 0 Å². The summed E-state index contributed by atoms with van der Waals surface area (Å²) < 4.78 is 40.6. The van der Waals surface area contributed by atoms with Crippen molar-refractivity contribution in [3.8, 4) is 23.1 Å². The van der Waals surface area contributed by atoms with E-state index >= 15 is 0 Å². The lowest BCUT2D eigenvalue weighted by Crippen LogP contribution is -2.28. The predicted octanol–water partition coefficient (Wildman–Crippen LogP) is 3.54. The number of carbonyl (C=O) groups is 2. The average molecular weight is 535 g/mol. The molecule has 0 radical (unpaired) electrons. The van der Waals surface area contributed by atoms with Crippen LogP contribution in [0.15, 0.2) is 48.9 Å². The van der Waals surface area contributed by atoms with Gasteiger partial charge in [0.2, 0.25) is 0 Å². The Hall–Kier alpha value is -4.99. The third kappa shape index (κ3) is 5.08. The summed E-state index contributed by atoms with van der Waals surface area (Å²) >= 11 is 0. The molecule has 1 aliphatic heterocycles.